The minimum Gasteiger partial charge on any atom is -0.339 e. The van der Waals surface area contributed by atoms with E-state index >= 15 is 0 Å². The van der Waals surface area contributed by atoms with Crippen molar-refractivity contribution < 1.29 is 9.32 Å². The zero-order chi connectivity index (χ0) is 16.9. The molecule has 24 heavy (non-hydrogen) atoms. The van der Waals surface area contributed by atoms with Crippen molar-refractivity contribution in [3.63, 3.8) is 0 Å². The number of hydrogen-bond acceptors (Lipinski definition) is 5. The highest BCUT2D eigenvalue weighted by molar-refractivity contribution is 5.91. The summed E-state index contributed by atoms with van der Waals surface area (Å²) < 4.78 is 5.20. The lowest BCUT2D eigenvalue weighted by atomic mass is 10.1. The van der Waals surface area contributed by atoms with Gasteiger partial charge in [0.2, 0.25) is 17.6 Å². The van der Waals surface area contributed by atoms with Crippen molar-refractivity contribution in [3.05, 3.63) is 59.7 Å². The lowest BCUT2D eigenvalue weighted by molar-refractivity contribution is -0.116. The first-order valence-electron chi connectivity index (χ1n) is 7.72. The normalized spacial score (nSPS) is 10.6. The lowest BCUT2D eigenvalue weighted by Gasteiger charge is -2.08. The zero-order valence-corrected chi connectivity index (χ0v) is 13.6. The van der Waals surface area contributed by atoms with E-state index in [1.807, 2.05) is 44.2 Å². The number of nitrogens with zero attached hydrogens (tertiary/aromatic N) is 3. The predicted octanol–water partition coefficient (Wildman–Crippen LogP) is 3.32. The van der Waals surface area contributed by atoms with Crippen molar-refractivity contribution >= 4 is 11.6 Å². The molecule has 3 rings (SSSR count). The van der Waals surface area contributed by atoms with Gasteiger partial charge in [0.1, 0.15) is 0 Å². The van der Waals surface area contributed by atoms with Crippen molar-refractivity contribution in [2.24, 2.45) is 0 Å². The largest absolute Gasteiger partial charge is 0.339 e. The number of hydrogen-bond donors (Lipinski definition) is 1. The number of carbonyl (C=O) groups is 1. The van der Waals surface area contributed by atoms with Gasteiger partial charge >= 0.3 is 0 Å². The summed E-state index contributed by atoms with van der Waals surface area (Å²) in [6.07, 6.45) is 4.02. The Balaban J connectivity index is 1.58. The molecular weight excluding hydrogens is 304 g/mol. The third kappa shape index (κ3) is 3.84. The van der Waals surface area contributed by atoms with Crippen LogP contribution < -0.4 is 5.32 Å². The van der Waals surface area contributed by atoms with Crippen molar-refractivity contribution in [1.82, 2.24) is 15.1 Å². The molecule has 0 aliphatic carbocycles. The maximum atomic E-state index is 12.1. The van der Waals surface area contributed by atoms with E-state index in [9.17, 15) is 4.79 Å². The van der Waals surface area contributed by atoms with Crippen LogP contribution in [0.1, 0.15) is 23.4 Å². The number of rotatable bonds is 5. The summed E-state index contributed by atoms with van der Waals surface area (Å²) in [6, 6.07) is 9.54. The quantitative estimate of drug-likeness (QED) is 0.779. The Labute approximate surface area is 139 Å². The summed E-state index contributed by atoms with van der Waals surface area (Å²) in [7, 11) is 0. The lowest BCUT2D eigenvalue weighted by Crippen LogP contribution is -2.13. The van der Waals surface area contributed by atoms with Crippen LogP contribution in [-0.2, 0) is 11.2 Å². The van der Waals surface area contributed by atoms with Crippen LogP contribution in [0.2, 0.25) is 0 Å². The summed E-state index contributed by atoms with van der Waals surface area (Å²) in [4.78, 5) is 20.3. The van der Waals surface area contributed by atoms with Crippen molar-refractivity contribution in [2.75, 3.05) is 5.32 Å². The first-order valence-corrected chi connectivity index (χ1v) is 7.72. The molecule has 1 amide bonds. The van der Waals surface area contributed by atoms with E-state index < -0.39 is 0 Å². The number of aromatic nitrogens is 3. The average Bonchev–Trinajstić information content (AvgIpc) is 3.05. The maximum Gasteiger partial charge on any atom is 0.227 e. The van der Waals surface area contributed by atoms with Crippen LogP contribution in [0.3, 0.4) is 0 Å². The van der Waals surface area contributed by atoms with Crippen LogP contribution in [0.15, 0.2) is 47.2 Å². The minimum absolute atomic E-state index is 0.0781. The highest BCUT2D eigenvalue weighted by Gasteiger charge is 2.11. The number of carbonyl (C=O) groups excluding carboxylic acids is 1. The van der Waals surface area contributed by atoms with Crippen LogP contribution in [0.4, 0.5) is 5.69 Å². The number of anilines is 1. The van der Waals surface area contributed by atoms with Gasteiger partial charge in [-0.25, -0.2) is 0 Å². The smallest absolute Gasteiger partial charge is 0.227 e. The molecule has 6 heteroatoms. The molecule has 122 valence electrons. The summed E-state index contributed by atoms with van der Waals surface area (Å²) in [5, 5.41) is 6.84. The van der Waals surface area contributed by atoms with Gasteiger partial charge in [-0.1, -0.05) is 22.9 Å². The number of nitrogens with one attached hydrogen (secondary N) is 1. The van der Waals surface area contributed by atoms with Gasteiger partial charge in [-0.3, -0.25) is 9.78 Å². The van der Waals surface area contributed by atoms with E-state index in [4.69, 9.17) is 4.52 Å². The molecule has 1 N–H and O–H groups in total. The molecule has 0 unspecified atom stereocenters. The number of benzene rings is 1. The molecule has 3 aromatic rings. The van der Waals surface area contributed by atoms with Crippen molar-refractivity contribution in [3.8, 4) is 11.4 Å². The second-order valence-corrected chi connectivity index (χ2v) is 5.61. The fourth-order valence-corrected chi connectivity index (χ4v) is 2.36. The number of pyridine rings is 1. The van der Waals surface area contributed by atoms with E-state index in [0.717, 1.165) is 16.8 Å². The SMILES string of the molecule is Cc1ccc(NC(=O)CCc2nc(-c3ccncc3)no2)c(C)c1. The topological polar surface area (TPSA) is 80.9 Å². The third-order valence-corrected chi connectivity index (χ3v) is 3.63. The van der Waals surface area contributed by atoms with E-state index in [-0.39, 0.29) is 12.3 Å². The van der Waals surface area contributed by atoms with Crippen LogP contribution in [0, 0.1) is 13.8 Å². The molecule has 0 spiro atoms. The van der Waals surface area contributed by atoms with Crippen molar-refractivity contribution in [2.45, 2.75) is 26.7 Å². The zero-order valence-electron chi connectivity index (χ0n) is 13.6. The Morgan fingerprint density at radius 3 is 2.71 bits per heavy atom. The molecule has 0 saturated carbocycles. The Hall–Kier alpha value is -3.02. The Kier molecular flexibility index (Phi) is 4.65. The number of amides is 1. The molecule has 0 bridgehead atoms. The molecule has 2 aromatic heterocycles. The molecule has 6 nitrogen and oxygen atoms in total. The van der Waals surface area contributed by atoms with Gasteiger partial charge in [0, 0.05) is 36.5 Å². The standard InChI is InChI=1S/C18H18N4O2/c1-12-3-4-15(13(2)11-12)20-16(23)5-6-17-21-18(22-24-17)14-7-9-19-10-8-14/h3-4,7-11H,5-6H2,1-2H3,(H,20,23). The van der Waals surface area contributed by atoms with Crippen LogP contribution in [0.5, 0.6) is 0 Å². The average molecular weight is 322 g/mol. The highest BCUT2D eigenvalue weighted by atomic mass is 16.5. The molecule has 0 atom stereocenters. The van der Waals surface area contributed by atoms with E-state index in [1.165, 1.54) is 5.56 Å². The molecule has 1 aromatic carbocycles. The summed E-state index contributed by atoms with van der Waals surface area (Å²) in [5.41, 5.74) is 3.87. The second-order valence-electron chi connectivity index (χ2n) is 5.61. The van der Waals surface area contributed by atoms with Gasteiger partial charge in [-0.05, 0) is 37.6 Å². The third-order valence-electron chi connectivity index (χ3n) is 3.63. The van der Waals surface area contributed by atoms with Crippen LogP contribution in [0.25, 0.3) is 11.4 Å². The highest BCUT2D eigenvalue weighted by Crippen LogP contribution is 2.17. The first kappa shape index (κ1) is 15.9. The van der Waals surface area contributed by atoms with E-state index in [1.54, 1.807) is 12.4 Å². The fraction of sp³-hybridized carbons (Fsp3) is 0.222. The van der Waals surface area contributed by atoms with E-state index in [2.05, 4.69) is 20.4 Å². The second kappa shape index (κ2) is 7.04. The Bertz CT molecular complexity index is 843. The van der Waals surface area contributed by atoms with Gasteiger partial charge in [0.25, 0.3) is 0 Å². The monoisotopic (exact) mass is 322 g/mol. The first-order chi connectivity index (χ1) is 11.6. The molecule has 2 heterocycles. The van der Waals surface area contributed by atoms with Crippen molar-refractivity contribution in [1.29, 1.82) is 0 Å². The summed E-state index contributed by atoms with van der Waals surface area (Å²) in [5.74, 6) is 0.866. The molecule has 0 saturated heterocycles. The molecule has 0 aliphatic rings. The maximum absolute atomic E-state index is 12.1. The van der Waals surface area contributed by atoms with E-state index in [0.29, 0.717) is 18.1 Å². The fourth-order valence-electron chi connectivity index (χ4n) is 2.36. The molecule has 0 radical (unpaired) electrons. The summed E-state index contributed by atoms with van der Waals surface area (Å²) in [6.45, 7) is 4.00. The van der Waals surface area contributed by atoms with Crippen LogP contribution in [-0.4, -0.2) is 21.0 Å². The van der Waals surface area contributed by atoms with Gasteiger partial charge in [-0.15, -0.1) is 0 Å². The molecular formula is C18H18N4O2. The summed E-state index contributed by atoms with van der Waals surface area (Å²) >= 11 is 0. The van der Waals surface area contributed by atoms with Gasteiger partial charge < -0.3 is 9.84 Å². The Morgan fingerprint density at radius 1 is 1.17 bits per heavy atom. The Morgan fingerprint density at radius 2 is 1.96 bits per heavy atom. The molecule has 0 aliphatic heterocycles. The number of aryl methyl sites for hydroxylation is 3. The molecule has 0 fully saturated rings. The van der Waals surface area contributed by atoms with Crippen LogP contribution >= 0.6 is 0 Å². The van der Waals surface area contributed by atoms with Gasteiger partial charge in [0.05, 0.1) is 0 Å². The predicted molar refractivity (Wildman–Crippen MR) is 90.4 cm³/mol. The van der Waals surface area contributed by atoms with Gasteiger partial charge in [-0.2, -0.15) is 4.98 Å². The minimum atomic E-state index is -0.0781. The van der Waals surface area contributed by atoms with Gasteiger partial charge in [0.15, 0.2) is 0 Å².